The molecule has 0 aliphatic rings. The van der Waals surface area contributed by atoms with Crippen LogP contribution in [0.2, 0.25) is 5.15 Å². The van der Waals surface area contributed by atoms with Crippen LogP contribution in [0.3, 0.4) is 0 Å². The monoisotopic (exact) mass is 379 g/mol. The molecule has 0 unspecified atom stereocenters. The molecule has 21 heavy (non-hydrogen) atoms. The van der Waals surface area contributed by atoms with E-state index in [9.17, 15) is 18.0 Å². The van der Waals surface area contributed by atoms with Crippen LogP contribution < -0.4 is 5.32 Å². The van der Waals surface area contributed by atoms with Crippen molar-refractivity contribution in [3.8, 4) is 0 Å². The lowest BCUT2D eigenvalue weighted by Crippen LogP contribution is -2.15. The third kappa shape index (κ3) is 3.92. The summed E-state index contributed by atoms with van der Waals surface area (Å²) >= 11 is 8.61. The zero-order valence-electron chi connectivity index (χ0n) is 10.1. The summed E-state index contributed by atoms with van der Waals surface area (Å²) in [5.74, 6) is -0.695. The first-order chi connectivity index (χ1) is 9.77. The Labute approximate surface area is 130 Å². The molecule has 0 aliphatic heterocycles. The van der Waals surface area contributed by atoms with Crippen molar-refractivity contribution in [1.29, 1.82) is 0 Å². The molecule has 0 atom stereocenters. The van der Waals surface area contributed by atoms with E-state index in [0.29, 0.717) is 4.47 Å². The molecule has 0 aliphatic carbocycles. The van der Waals surface area contributed by atoms with Gasteiger partial charge in [0.1, 0.15) is 0 Å². The number of rotatable bonds is 2. The maximum absolute atomic E-state index is 12.6. The molecule has 0 bridgehead atoms. The number of halogens is 5. The number of aromatic nitrogens is 2. The Morgan fingerprint density at radius 2 is 1.90 bits per heavy atom. The van der Waals surface area contributed by atoms with Crippen molar-refractivity contribution in [2.75, 3.05) is 5.32 Å². The standard InChI is InChI=1S/C12H6BrClF3N3O/c13-7-2-1-6(12(15,16)17)5-9(7)18-11(21)8-3-4-10(14)20-19-8/h1-5H,(H,18,21). The van der Waals surface area contributed by atoms with Gasteiger partial charge in [0.2, 0.25) is 0 Å². The van der Waals surface area contributed by atoms with Gasteiger partial charge in [-0.05, 0) is 46.3 Å². The van der Waals surface area contributed by atoms with Crippen molar-refractivity contribution in [2.45, 2.75) is 6.18 Å². The summed E-state index contributed by atoms with van der Waals surface area (Å²) in [5, 5.41) is 9.46. The first kappa shape index (κ1) is 15.7. The summed E-state index contributed by atoms with van der Waals surface area (Å²) < 4.78 is 38.2. The van der Waals surface area contributed by atoms with E-state index >= 15 is 0 Å². The average molecular weight is 381 g/mol. The largest absolute Gasteiger partial charge is 0.416 e. The molecule has 1 aromatic heterocycles. The number of hydrogen-bond donors (Lipinski definition) is 1. The minimum absolute atomic E-state index is 0.0217. The molecule has 0 radical (unpaired) electrons. The number of carbonyl (C=O) groups excluding carboxylic acids is 1. The number of anilines is 1. The van der Waals surface area contributed by atoms with Gasteiger partial charge in [-0.1, -0.05) is 11.6 Å². The van der Waals surface area contributed by atoms with Gasteiger partial charge in [0.15, 0.2) is 10.8 Å². The van der Waals surface area contributed by atoms with E-state index in [1.165, 1.54) is 18.2 Å². The third-order valence-corrected chi connectivity index (χ3v) is 3.30. The number of benzene rings is 1. The van der Waals surface area contributed by atoms with Gasteiger partial charge in [0.05, 0.1) is 11.3 Å². The number of nitrogens with zero attached hydrogens (tertiary/aromatic N) is 2. The molecule has 2 aromatic rings. The Balaban J connectivity index is 2.26. The van der Waals surface area contributed by atoms with Crippen molar-refractivity contribution in [2.24, 2.45) is 0 Å². The molecule has 2 rings (SSSR count). The Hall–Kier alpha value is -1.67. The van der Waals surface area contributed by atoms with Gasteiger partial charge in [-0.3, -0.25) is 4.79 Å². The summed E-state index contributed by atoms with van der Waals surface area (Å²) in [6.45, 7) is 0. The second kappa shape index (κ2) is 5.98. The molecule has 1 N–H and O–H groups in total. The molecule has 0 spiro atoms. The lowest BCUT2D eigenvalue weighted by atomic mass is 10.2. The van der Waals surface area contributed by atoms with E-state index in [1.54, 1.807) is 0 Å². The molecule has 4 nitrogen and oxygen atoms in total. The Kier molecular flexibility index (Phi) is 4.48. The Morgan fingerprint density at radius 3 is 2.48 bits per heavy atom. The molecule has 1 aromatic carbocycles. The van der Waals surface area contributed by atoms with Gasteiger partial charge in [-0.2, -0.15) is 13.2 Å². The van der Waals surface area contributed by atoms with E-state index in [-0.39, 0.29) is 16.5 Å². The third-order valence-electron chi connectivity index (χ3n) is 2.41. The van der Waals surface area contributed by atoms with E-state index < -0.39 is 17.6 Å². The summed E-state index contributed by atoms with van der Waals surface area (Å²) in [7, 11) is 0. The van der Waals surface area contributed by atoms with Gasteiger partial charge in [-0.25, -0.2) is 0 Å². The Morgan fingerprint density at radius 1 is 1.19 bits per heavy atom. The first-order valence-electron chi connectivity index (χ1n) is 5.44. The van der Waals surface area contributed by atoms with Crippen LogP contribution in [0.4, 0.5) is 18.9 Å². The highest BCUT2D eigenvalue weighted by Gasteiger charge is 2.31. The first-order valence-corrected chi connectivity index (χ1v) is 6.62. The zero-order valence-corrected chi connectivity index (χ0v) is 12.4. The molecular weight excluding hydrogens is 375 g/mol. The van der Waals surface area contributed by atoms with Gasteiger partial charge in [-0.15, -0.1) is 10.2 Å². The fourth-order valence-electron chi connectivity index (χ4n) is 1.42. The maximum Gasteiger partial charge on any atom is 0.416 e. The second-order valence-electron chi connectivity index (χ2n) is 3.89. The number of amides is 1. The summed E-state index contributed by atoms with van der Waals surface area (Å²) in [4.78, 5) is 11.9. The van der Waals surface area contributed by atoms with Crippen LogP contribution in [0.25, 0.3) is 0 Å². The quantitative estimate of drug-likeness (QED) is 0.851. The van der Waals surface area contributed by atoms with E-state index in [4.69, 9.17) is 11.6 Å². The molecule has 110 valence electrons. The second-order valence-corrected chi connectivity index (χ2v) is 5.13. The van der Waals surface area contributed by atoms with Crippen molar-refractivity contribution in [1.82, 2.24) is 10.2 Å². The van der Waals surface area contributed by atoms with Crippen LogP contribution >= 0.6 is 27.5 Å². The predicted molar refractivity (Wildman–Crippen MR) is 74.1 cm³/mol. The minimum atomic E-state index is -4.50. The SMILES string of the molecule is O=C(Nc1cc(C(F)(F)F)ccc1Br)c1ccc(Cl)nn1. The fraction of sp³-hybridized carbons (Fsp3) is 0.0833. The maximum atomic E-state index is 12.6. The smallest absolute Gasteiger partial charge is 0.320 e. The number of nitrogens with one attached hydrogen (secondary N) is 1. The van der Waals surface area contributed by atoms with Crippen molar-refractivity contribution in [3.63, 3.8) is 0 Å². The van der Waals surface area contributed by atoms with Crippen molar-refractivity contribution < 1.29 is 18.0 Å². The molecule has 1 amide bonds. The highest BCUT2D eigenvalue weighted by molar-refractivity contribution is 9.10. The summed E-state index contributed by atoms with van der Waals surface area (Å²) in [6, 6.07) is 5.59. The van der Waals surface area contributed by atoms with Gasteiger partial charge in [0.25, 0.3) is 5.91 Å². The van der Waals surface area contributed by atoms with E-state index in [1.807, 2.05) is 0 Å². The van der Waals surface area contributed by atoms with Crippen LogP contribution in [0.5, 0.6) is 0 Å². The molecule has 0 saturated heterocycles. The van der Waals surface area contributed by atoms with Crippen LogP contribution in [-0.4, -0.2) is 16.1 Å². The van der Waals surface area contributed by atoms with Crippen LogP contribution in [-0.2, 0) is 6.18 Å². The van der Waals surface area contributed by atoms with Gasteiger partial charge >= 0.3 is 6.18 Å². The molecular formula is C12H6BrClF3N3O. The van der Waals surface area contributed by atoms with Crippen LogP contribution in [0.15, 0.2) is 34.8 Å². The highest BCUT2D eigenvalue weighted by atomic mass is 79.9. The molecule has 0 saturated carbocycles. The molecule has 1 heterocycles. The number of alkyl halides is 3. The van der Waals surface area contributed by atoms with Crippen molar-refractivity contribution in [3.05, 3.63) is 51.2 Å². The minimum Gasteiger partial charge on any atom is -0.320 e. The van der Waals surface area contributed by atoms with E-state index in [0.717, 1.165) is 12.1 Å². The van der Waals surface area contributed by atoms with Gasteiger partial charge in [0, 0.05) is 4.47 Å². The predicted octanol–water partition coefficient (Wildman–Crippen LogP) is 4.16. The topological polar surface area (TPSA) is 54.9 Å². The number of carbonyl (C=O) groups is 1. The molecule has 9 heteroatoms. The molecule has 0 fully saturated rings. The summed E-state index contributed by atoms with van der Waals surface area (Å²) in [5.41, 5.74) is -0.960. The summed E-state index contributed by atoms with van der Waals surface area (Å²) in [6.07, 6.45) is -4.50. The number of hydrogen-bond acceptors (Lipinski definition) is 3. The fourth-order valence-corrected chi connectivity index (χ4v) is 1.87. The van der Waals surface area contributed by atoms with Crippen molar-refractivity contribution >= 4 is 39.1 Å². The zero-order chi connectivity index (χ0) is 15.6. The highest BCUT2D eigenvalue weighted by Crippen LogP contribution is 2.34. The average Bonchev–Trinajstić information content (AvgIpc) is 2.40. The lowest BCUT2D eigenvalue weighted by molar-refractivity contribution is -0.137. The van der Waals surface area contributed by atoms with Gasteiger partial charge < -0.3 is 5.32 Å². The van der Waals surface area contributed by atoms with Crippen LogP contribution in [0, 0.1) is 0 Å². The Bertz CT molecular complexity index is 676. The lowest BCUT2D eigenvalue weighted by Gasteiger charge is -2.11. The normalized spacial score (nSPS) is 11.3. The van der Waals surface area contributed by atoms with Crippen LogP contribution in [0.1, 0.15) is 16.1 Å². The van der Waals surface area contributed by atoms with E-state index in [2.05, 4.69) is 31.4 Å².